The fourth-order valence-corrected chi connectivity index (χ4v) is 2.80. The minimum absolute atomic E-state index is 0. The number of piperidine rings is 1. The quantitative estimate of drug-likeness (QED) is 0.734. The van der Waals surface area contributed by atoms with E-state index in [2.05, 4.69) is 31.4 Å². The molecule has 142 valence electrons. The fraction of sp³-hybridized carbons (Fsp3) is 0.632. The number of carbonyl (C=O) groups excluding carboxylic acids is 1. The molecule has 1 amide bonds. The first-order valence-electron chi connectivity index (χ1n) is 9.09. The number of nitrogens with one attached hydrogen (secondary N) is 2. The second kappa shape index (κ2) is 11.2. The summed E-state index contributed by atoms with van der Waals surface area (Å²) in [6.45, 7) is 8.50. The van der Waals surface area contributed by atoms with Gasteiger partial charge < -0.3 is 20.1 Å². The first-order chi connectivity index (χ1) is 11.7. The lowest BCUT2D eigenvalue weighted by molar-refractivity contribution is 0.0919. The van der Waals surface area contributed by atoms with Gasteiger partial charge in [0.1, 0.15) is 0 Å². The first kappa shape index (κ1) is 21.6. The van der Waals surface area contributed by atoms with E-state index in [1.54, 1.807) is 12.1 Å². The SMILES string of the molecule is CCCOc1ccc(C(=O)NC2CCCNC2C)cc1OCCC.Cl. The summed E-state index contributed by atoms with van der Waals surface area (Å²) < 4.78 is 11.5. The predicted molar refractivity (Wildman–Crippen MR) is 103 cm³/mol. The van der Waals surface area contributed by atoms with Crippen molar-refractivity contribution in [1.29, 1.82) is 0 Å². The van der Waals surface area contributed by atoms with Gasteiger partial charge in [0.25, 0.3) is 5.91 Å². The van der Waals surface area contributed by atoms with Crippen LogP contribution in [0, 0.1) is 0 Å². The van der Waals surface area contributed by atoms with E-state index in [1.165, 1.54) is 0 Å². The van der Waals surface area contributed by atoms with Crippen molar-refractivity contribution in [2.24, 2.45) is 0 Å². The van der Waals surface area contributed by atoms with E-state index < -0.39 is 0 Å². The average molecular weight is 371 g/mol. The Morgan fingerprint density at radius 2 is 1.88 bits per heavy atom. The molecule has 0 aliphatic carbocycles. The molecular formula is C19H31ClN2O3. The van der Waals surface area contributed by atoms with Gasteiger partial charge in [-0.25, -0.2) is 0 Å². The highest BCUT2D eigenvalue weighted by molar-refractivity contribution is 5.95. The molecule has 0 saturated carbocycles. The molecule has 25 heavy (non-hydrogen) atoms. The van der Waals surface area contributed by atoms with Gasteiger partial charge in [-0.3, -0.25) is 4.79 Å². The smallest absolute Gasteiger partial charge is 0.251 e. The van der Waals surface area contributed by atoms with Crippen molar-refractivity contribution in [2.45, 2.75) is 58.5 Å². The Morgan fingerprint density at radius 3 is 2.52 bits per heavy atom. The van der Waals surface area contributed by atoms with Crippen LogP contribution in [0.2, 0.25) is 0 Å². The number of hydrogen-bond acceptors (Lipinski definition) is 4. The molecule has 2 unspecified atom stereocenters. The predicted octanol–water partition coefficient (Wildman–Crippen LogP) is 3.56. The molecule has 2 rings (SSSR count). The molecule has 0 aromatic heterocycles. The molecular weight excluding hydrogens is 340 g/mol. The molecule has 1 aliphatic heterocycles. The summed E-state index contributed by atoms with van der Waals surface area (Å²) in [5, 5.41) is 6.53. The van der Waals surface area contributed by atoms with Gasteiger partial charge in [0.2, 0.25) is 0 Å². The second-order valence-corrected chi connectivity index (χ2v) is 6.32. The van der Waals surface area contributed by atoms with Gasteiger partial charge in [0.15, 0.2) is 11.5 Å². The number of carbonyl (C=O) groups is 1. The van der Waals surface area contributed by atoms with Crippen molar-refractivity contribution in [3.63, 3.8) is 0 Å². The van der Waals surface area contributed by atoms with Crippen molar-refractivity contribution >= 4 is 18.3 Å². The molecule has 1 fully saturated rings. The van der Waals surface area contributed by atoms with Crippen molar-refractivity contribution < 1.29 is 14.3 Å². The minimum atomic E-state index is -0.0565. The van der Waals surface area contributed by atoms with Gasteiger partial charge in [0, 0.05) is 17.6 Å². The zero-order valence-corrected chi connectivity index (χ0v) is 16.3. The molecule has 5 nitrogen and oxygen atoms in total. The summed E-state index contributed by atoms with van der Waals surface area (Å²) in [6.07, 6.45) is 3.94. The van der Waals surface area contributed by atoms with Gasteiger partial charge in [-0.05, 0) is 57.4 Å². The molecule has 0 bridgehead atoms. The molecule has 2 atom stereocenters. The van der Waals surface area contributed by atoms with E-state index in [0.29, 0.717) is 36.3 Å². The lowest BCUT2D eigenvalue weighted by Gasteiger charge is -2.30. The highest BCUT2D eigenvalue weighted by atomic mass is 35.5. The van der Waals surface area contributed by atoms with E-state index >= 15 is 0 Å². The van der Waals surface area contributed by atoms with Crippen molar-refractivity contribution in [3.8, 4) is 11.5 Å². The summed E-state index contributed by atoms with van der Waals surface area (Å²) in [5.74, 6) is 1.29. The molecule has 1 aliphatic rings. The van der Waals surface area contributed by atoms with Crippen LogP contribution in [0.3, 0.4) is 0 Å². The molecule has 6 heteroatoms. The van der Waals surface area contributed by atoms with Crippen LogP contribution in [0.1, 0.15) is 56.8 Å². The topological polar surface area (TPSA) is 59.6 Å². The van der Waals surface area contributed by atoms with Crippen molar-refractivity contribution in [2.75, 3.05) is 19.8 Å². The highest BCUT2D eigenvalue weighted by Crippen LogP contribution is 2.29. The van der Waals surface area contributed by atoms with E-state index in [0.717, 1.165) is 32.2 Å². The summed E-state index contributed by atoms with van der Waals surface area (Å²) >= 11 is 0. The van der Waals surface area contributed by atoms with Crippen LogP contribution in [0.4, 0.5) is 0 Å². The standard InChI is InChI=1S/C19H30N2O3.ClH/c1-4-11-23-17-9-8-15(13-18(17)24-12-5-2)19(22)21-16-7-6-10-20-14(16)3;/h8-9,13-14,16,20H,4-7,10-12H2,1-3H3,(H,21,22);1H. The Morgan fingerprint density at radius 1 is 1.20 bits per heavy atom. The fourth-order valence-electron chi connectivity index (χ4n) is 2.80. The maximum atomic E-state index is 12.6. The number of ether oxygens (including phenoxy) is 2. The van der Waals surface area contributed by atoms with E-state index in [9.17, 15) is 4.79 Å². The summed E-state index contributed by atoms with van der Waals surface area (Å²) in [6, 6.07) is 5.89. The monoisotopic (exact) mass is 370 g/mol. The lowest BCUT2D eigenvalue weighted by atomic mass is 9.99. The minimum Gasteiger partial charge on any atom is -0.490 e. The molecule has 0 radical (unpaired) electrons. The van der Waals surface area contributed by atoms with Crippen LogP contribution in [0.15, 0.2) is 18.2 Å². The van der Waals surface area contributed by atoms with Crippen molar-refractivity contribution in [1.82, 2.24) is 10.6 Å². The third kappa shape index (κ3) is 6.40. The van der Waals surface area contributed by atoms with Crippen LogP contribution in [-0.2, 0) is 0 Å². The normalized spacial score (nSPS) is 19.6. The van der Waals surface area contributed by atoms with Gasteiger partial charge in [-0.15, -0.1) is 12.4 Å². The Kier molecular flexibility index (Phi) is 9.68. The van der Waals surface area contributed by atoms with Crippen molar-refractivity contribution in [3.05, 3.63) is 23.8 Å². The Hall–Kier alpha value is -1.46. The van der Waals surface area contributed by atoms with E-state index in [4.69, 9.17) is 9.47 Å². The third-order valence-electron chi connectivity index (χ3n) is 4.21. The summed E-state index contributed by atoms with van der Waals surface area (Å²) in [7, 11) is 0. The number of amides is 1. The maximum Gasteiger partial charge on any atom is 0.251 e. The zero-order chi connectivity index (χ0) is 17.4. The van der Waals surface area contributed by atoms with Crippen LogP contribution in [-0.4, -0.2) is 37.7 Å². The van der Waals surface area contributed by atoms with Crippen LogP contribution in [0.5, 0.6) is 11.5 Å². The maximum absolute atomic E-state index is 12.6. The van der Waals surface area contributed by atoms with Gasteiger partial charge in [0.05, 0.1) is 13.2 Å². The summed E-state index contributed by atoms with van der Waals surface area (Å²) in [4.78, 5) is 12.6. The first-order valence-corrected chi connectivity index (χ1v) is 9.09. The Labute approximate surface area is 157 Å². The number of hydrogen-bond donors (Lipinski definition) is 2. The van der Waals surface area contributed by atoms with Gasteiger partial charge in [-0.1, -0.05) is 13.8 Å². The molecule has 1 heterocycles. The van der Waals surface area contributed by atoms with Crippen LogP contribution >= 0.6 is 12.4 Å². The third-order valence-corrected chi connectivity index (χ3v) is 4.21. The van der Waals surface area contributed by atoms with Gasteiger partial charge in [-0.2, -0.15) is 0 Å². The molecule has 1 saturated heterocycles. The largest absolute Gasteiger partial charge is 0.490 e. The second-order valence-electron chi connectivity index (χ2n) is 6.32. The molecule has 1 aromatic carbocycles. The molecule has 1 aromatic rings. The lowest BCUT2D eigenvalue weighted by Crippen LogP contribution is -2.51. The average Bonchev–Trinajstić information content (AvgIpc) is 2.60. The number of halogens is 1. The summed E-state index contributed by atoms with van der Waals surface area (Å²) in [5.41, 5.74) is 0.614. The Bertz CT molecular complexity index is 539. The molecule has 2 N–H and O–H groups in total. The van der Waals surface area contributed by atoms with Crippen LogP contribution < -0.4 is 20.1 Å². The van der Waals surface area contributed by atoms with Gasteiger partial charge >= 0.3 is 0 Å². The van der Waals surface area contributed by atoms with Crippen LogP contribution in [0.25, 0.3) is 0 Å². The number of benzene rings is 1. The zero-order valence-electron chi connectivity index (χ0n) is 15.5. The van der Waals surface area contributed by atoms with E-state index in [-0.39, 0.29) is 24.4 Å². The van der Waals surface area contributed by atoms with E-state index in [1.807, 2.05) is 6.07 Å². The number of rotatable bonds is 8. The molecule has 0 spiro atoms. The highest BCUT2D eigenvalue weighted by Gasteiger charge is 2.23. The Balaban J connectivity index is 0.00000312.